The molecule has 0 aromatic carbocycles. The fraction of sp³-hybridized carbons (Fsp3) is 0.733. The zero-order chi connectivity index (χ0) is 15.5. The number of anilines is 1. The number of ether oxygens (including phenoxy) is 1. The fourth-order valence-electron chi connectivity index (χ4n) is 3.22. The predicted molar refractivity (Wildman–Crippen MR) is 83.8 cm³/mol. The molecule has 22 heavy (non-hydrogen) atoms. The number of carbonyl (C=O) groups is 1. The first-order valence-electron chi connectivity index (χ1n) is 8.02. The molecule has 7 heteroatoms. The summed E-state index contributed by atoms with van der Waals surface area (Å²) in [4.78, 5) is 14.7. The summed E-state index contributed by atoms with van der Waals surface area (Å²) in [7, 11) is 1.92. The summed E-state index contributed by atoms with van der Waals surface area (Å²) >= 11 is 0. The third kappa shape index (κ3) is 3.41. The van der Waals surface area contributed by atoms with Crippen LogP contribution in [0.3, 0.4) is 0 Å². The van der Waals surface area contributed by atoms with Crippen LogP contribution in [0.5, 0.6) is 0 Å². The second kappa shape index (κ2) is 6.66. The molecule has 0 saturated carbocycles. The standard InChI is InChI=1S/C15H25N5O2/c1-11-14(16-5-7-22-11)15(21)18-12-4-3-6-20(9-12)13-8-17-19(2)10-13/h8,10-12,14,16H,3-7,9H2,1-2H3,(H,18,21)/t11-,12?,14+/m1/s1. The molecule has 0 spiro atoms. The zero-order valence-electron chi connectivity index (χ0n) is 13.3. The molecule has 2 N–H and O–H groups in total. The van der Waals surface area contributed by atoms with Gasteiger partial charge in [0.05, 0.1) is 24.6 Å². The number of morpholine rings is 1. The Morgan fingerprint density at radius 2 is 2.41 bits per heavy atom. The molecule has 1 amide bonds. The number of piperidine rings is 1. The van der Waals surface area contributed by atoms with Crippen LogP contribution in [0.2, 0.25) is 0 Å². The van der Waals surface area contributed by atoms with E-state index in [9.17, 15) is 4.79 Å². The van der Waals surface area contributed by atoms with Gasteiger partial charge in [0.1, 0.15) is 6.04 Å². The summed E-state index contributed by atoms with van der Waals surface area (Å²) in [6.45, 7) is 5.19. The van der Waals surface area contributed by atoms with Gasteiger partial charge in [0, 0.05) is 38.9 Å². The zero-order valence-corrected chi connectivity index (χ0v) is 13.3. The van der Waals surface area contributed by atoms with Crippen molar-refractivity contribution >= 4 is 11.6 Å². The van der Waals surface area contributed by atoms with E-state index in [2.05, 4.69) is 20.6 Å². The van der Waals surface area contributed by atoms with Gasteiger partial charge in [-0.1, -0.05) is 0 Å². The lowest BCUT2D eigenvalue weighted by atomic mass is 10.0. The summed E-state index contributed by atoms with van der Waals surface area (Å²) in [5.74, 6) is 0.0465. The fourth-order valence-corrected chi connectivity index (χ4v) is 3.22. The molecule has 1 unspecified atom stereocenters. The van der Waals surface area contributed by atoms with Crippen LogP contribution in [0.4, 0.5) is 5.69 Å². The number of hydrogen-bond donors (Lipinski definition) is 2. The third-order valence-electron chi connectivity index (χ3n) is 4.42. The summed E-state index contributed by atoms with van der Waals surface area (Å²) in [5.41, 5.74) is 1.12. The average Bonchev–Trinajstić information content (AvgIpc) is 2.94. The van der Waals surface area contributed by atoms with Crippen molar-refractivity contribution in [2.24, 2.45) is 7.05 Å². The highest BCUT2D eigenvalue weighted by Gasteiger charge is 2.31. The Kier molecular flexibility index (Phi) is 4.63. The summed E-state index contributed by atoms with van der Waals surface area (Å²) < 4.78 is 7.36. The smallest absolute Gasteiger partial charge is 0.240 e. The molecule has 2 aliphatic rings. The Hall–Kier alpha value is -1.60. The number of amides is 1. The summed E-state index contributed by atoms with van der Waals surface area (Å²) in [6, 6.07) is -0.0695. The molecule has 122 valence electrons. The van der Waals surface area contributed by atoms with Crippen molar-refractivity contribution in [2.75, 3.05) is 31.1 Å². The maximum atomic E-state index is 12.4. The van der Waals surface area contributed by atoms with Crippen molar-refractivity contribution < 1.29 is 9.53 Å². The van der Waals surface area contributed by atoms with Crippen molar-refractivity contribution in [1.29, 1.82) is 0 Å². The average molecular weight is 307 g/mol. The summed E-state index contributed by atoms with van der Waals surface area (Å²) in [6.07, 6.45) is 5.91. The first-order valence-corrected chi connectivity index (χ1v) is 8.02. The van der Waals surface area contributed by atoms with Gasteiger partial charge >= 0.3 is 0 Å². The van der Waals surface area contributed by atoms with Crippen LogP contribution >= 0.6 is 0 Å². The normalized spacial score (nSPS) is 29.4. The van der Waals surface area contributed by atoms with Crippen LogP contribution in [-0.2, 0) is 16.6 Å². The van der Waals surface area contributed by atoms with E-state index >= 15 is 0 Å². The molecule has 1 aromatic rings. The van der Waals surface area contributed by atoms with Gasteiger partial charge in [-0.3, -0.25) is 9.48 Å². The Morgan fingerprint density at radius 3 is 3.14 bits per heavy atom. The third-order valence-corrected chi connectivity index (χ3v) is 4.42. The first kappa shape index (κ1) is 15.3. The van der Waals surface area contributed by atoms with Crippen LogP contribution in [0, 0.1) is 0 Å². The monoisotopic (exact) mass is 307 g/mol. The molecule has 3 heterocycles. The number of nitrogens with zero attached hydrogens (tertiary/aromatic N) is 3. The van der Waals surface area contributed by atoms with Gasteiger partial charge in [0.15, 0.2) is 0 Å². The molecule has 0 radical (unpaired) electrons. The molecule has 2 fully saturated rings. The lowest BCUT2D eigenvalue weighted by molar-refractivity contribution is -0.129. The lowest BCUT2D eigenvalue weighted by Crippen LogP contribution is -2.58. The van der Waals surface area contributed by atoms with E-state index in [-0.39, 0.29) is 24.1 Å². The molecule has 7 nitrogen and oxygen atoms in total. The van der Waals surface area contributed by atoms with Gasteiger partial charge < -0.3 is 20.3 Å². The number of nitrogens with one attached hydrogen (secondary N) is 2. The van der Waals surface area contributed by atoms with Crippen molar-refractivity contribution in [1.82, 2.24) is 20.4 Å². The van der Waals surface area contributed by atoms with Gasteiger partial charge in [0.25, 0.3) is 0 Å². The molecule has 2 saturated heterocycles. The number of rotatable bonds is 3. The molecule has 2 aliphatic heterocycles. The van der Waals surface area contributed by atoms with Crippen LogP contribution in [0.1, 0.15) is 19.8 Å². The van der Waals surface area contributed by atoms with Crippen molar-refractivity contribution in [3.63, 3.8) is 0 Å². The highest BCUT2D eigenvalue weighted by molar-refractivity contribution is 5.82. The first-order chi connectivity index (χ1) is 10.6. The molecular weight excluding hydrogens is 282 g/mol. The minimum atomic E-state index is -0.248. The predicted octanol–water partition coefficient (Wildman–Crippen LogP) is -0.118. The van der Waals surface area contributed by atoms with Crippen LogP contribution in [0.25, 0.3) is 0 Å². The van der Waals surface area contributed by atoms with Gasteiger partial charge in [-0.25, -0.2) is 0 Å². The van der Waals surface area contributed by atoms with Crippen molar-refractivity contribution in [2.45, 2.75) is 38.0 Å². The Labute approximate surface area is 131 Å². The highest BCUT2D eigenvalue weighted by Crippen LogP contribution is 2.19. The van der Waals surface area contributed by atoms with Crippen LogP contribution in [0.15, 0.2) is 12.4 Å². The van der Waals surface area contributed by atoms with Crippen molar-refractivity contribution in [3.05, 3.63) is 12.4 Å². The molecule has 0 aliphatic carbocycles. The molecule has 3 atom stereocenters. The molecular formula is C15H25N5O2. The minimum absolute atomic E-state index is 0.0465. The number of aryl methyl sites for hydroxylation is 1. The molecule has 1 aromatic heterocycles. The second-order valence-electron chi connectivity index (χ2n) is 6.17. The van der Waals surface area contributed by atoms with Crippen LogP contribution in [-0.4, -0.2) is 60.1 Å². The topological polar surface area (TPSA) is 71.4 Å². The maximum Gasteiger partial charge on any atom is 0.240 e. The number of carbonyl (C=O) groups excluding carboxylic acids is 1. The SMILES string of the molecule is C[C@H]1OCCN[C@@H]1C(=O)NC1CCCN(c2cnn(C)c2)C1. The maximum absolute atomic E-state index is 12.4. The highest BCUT2D eigenvalue weighted by atomic mass is 16.5. The molecule has 3 rings (SSSR count). The van der Waals surface area contributed by atoms with Crippen LogP contribution < -0.4 is 15.5 Å². The lowest BCUT2D eigenvalue weighted by Gasteiger charge is -2.36. The van der Waals surface area contributed by atoms with E-state index in [0.717, 1.165) is 38.2 Å². The minimum Gasteiger partial charge on any atom is -0.375 e. The van der Waals surface area contributed by atoms with E-state index in [1.165, 1.54) is 0 Å². The Balaban J connectivity index is 1.57. The largest absolute Gasteiger partial charge is 0.375 e. The number of hydrogen-bond acceptors (Lipinski definition) is 5. The second-order valence-corrected chi connectivity index (χ2v) is 6.17. The van der Waals surface area contributed by atoms with Gasteiger partial charge in [0.2, 0.25) is 5.91 Å². The summed E-state index contributed by atoms with van der Waals surface area (Å²) in [5, 5.41) is 10.6. The Bertz CT molecular complexity index is 518. The van der Waals surface area contributed by atoms with E-state index < -0.39 is 0 Å². The van der Waals surface area contributed by atoms with E-state index in [1.54, 1.807) is 0 Å². The Morgan fingerprint density at radius 1 is 1.55 bits per heavy atom. The van der Waals surface area contributed by atoms with Gasteiger partial charge in [-0.2, -0.15) is 5.10 Å². The quantitative estimate of drug-likeness (QED) is 0.815. The van der Waals surface area contributed by atoms with Crippen molar-refractivity contribution in [3.8, 4) is 0 Å². The van der Waals surface area contributed by atoms with E-state index in [0.29, 0.717) is 6.61 Å². The number of aromatic nitrogens is 2. The van der Waals surface area contributed by atoms with Gasteiger partial charge in [-0.15, -0.1) is 0 Å². The van der Waals surface area contributed by atoms with E-state index in [4.69, 9.17) is 4.74 Å². The van der Waals surface area contributed by atoms with E-state index in [1.807, 2.05) is 31.0 Å². The molecule has 0 bridgehead atoms. The van der Waals surface area contributed by atoms with Gasteiger partial charge in [-0.05, 0) is 19.8 Å².